The van der Waals surface area contributed by atoms with E-state index in [-0.39, 0.29) is 23.6 Å². The Morgan fingerprint density at radius 2 is 2.00 bits per heavy atom. The predicted octanol–water partition coefficient (Wildman–Crippen LogP) is 1.04. The summed E-state index contributed by atoms with van der Waals surface area (Å²) in [4.78, 5) is 3.50. The Morgan fingerprint density at radius 3 is 2.68 bits per heavy atom. The third-order valence-electron chi connectivity index (χ3n) is 4.13. The molecule has 0 saturated carbocycles. The number of anilines is 1. The van der Waals surface area contributed by atoms with Crippen molar-refractivity contribution >= 4 is 32.9 Å². The van der Waals surface area contributed by atoms with E-state index in [1.807, 2.05) is 4.90 Å². The quantitative estimate of drug-likeness (QED) is 0.761. The molecule has 1 aromatic carbocycles. The smallest absolute Gasteiger partial charge is 0.176 e. The van der Waals surface area contributed by atoms with Crippen molar-refractivity contribution in [3.05, 3.63) is 30.1 Å². The van der Waals surface area contributed by atoms with Crippen molar-refractivity contribution in [3.63, 3.8) is 0 Å². The monoisotopic (exact) mass is 344 g/mol. The molecule has 1 aromatic rings. The lowest BCUT2D eigenvalue weighted by atomic mass is 10.1. The van der Waals surface area contributed by atoms with Gasteiger partial charge in [0.2, 0.25) is 0 Å². The molecule has 0 aliphatic carbocycles. The first kappa shape index (κ1) is 15.6. The summed E-state index contributed by atoms with van der Waals surface area (Å²) in [6.45, 7) is 0.936. The largest absolute Gasteiger partial charge is 0.383 e. The summed E-state index contributed by atoms with van der Waals surface area (Å²) in [6.07, 6.45) is 0. The van der Waals surface area contributed by atoms with Crippen molar-refractivity contribution in [1.82, 2.24) is 4.90 Å². The van der Waals surface area contributed by atoms with E-state index in [9.17, 15) is 12.8 Å². The Bertz CT molecular complexity index is 695. The van der Waals surface area contributed by atoms with Crippen LogP contribution in [0, 0.1) is 5.82 Å². The molecule has 0 radical (unpaired) electrons. The highest BCUT2D eigenvalue weighted by Gasteiger charge is 2.52. The fraction of sp³-hybridized carbons (Fsp3) is 0.500. The molecule has 0 spiro atoms. The predicted molar refractivity (Wildman–Crippen MR) is 86.3 cm³/mol. The zero-order chi connectivity index (χ0) is 15.9. The Hall–Kier alpha value is -1.25. The molecule has 2 atom stereocenters. The van der Waals surface area contributed by atoms with Gasteiger partial charge >= 0.3 is 0 Å². The van der Waals surface area contributed by atoms with Crippen LogP contribution in [0.2, 0.25) is 0 Å². The summed E-state index contributed by atoms with van der Waals surface area (Å²) < 4.78 is 43.2. The zero-order valence-electron chi connectivity index (χ0n) is 12.1. The number of nitrogens with zero attached hydrogens (tertiary/aromatic N) is 2. The highest BCUT2D eigenvalue weighted by Crippen LogP contribution is 2.36. The number of rotatable bonds is 4. The number of para-hydroxylation sites is 1. The number of ether oxygens (including phenoxy) is 1. The SMILES string of the molecule is COCCN1C(=S)N(c2ccccc2F)[C@@H]2CS(=O)(=O)C[C@@H]21. The van der Waals surface area contributed by atoms with Gasteiger partial charge in [0.15, 0.2) is 14.9 Å². The molecule has 0 unspecified atom stereocenters. The Balaban J connectivity index is 1.99. The Labute approximate surface area is 134 Å². The van der Waals surface area contributed by atoms with Crippen LogP contribution in [-0.2, 0) is 14.6 Å². The van der Waals surface area contributed by atoms with Gasteiger partial charge in [0.05, 0.1) is 35.9 Å². The van der Waals surface area contributed by atoms with Crippen LogP contribution in [0.1, 0.15) is 0 Å². The van der Waals surface area contributed by atoms with E-state index in [1.165, 1.54) is 6.07 Å². The average Bonchev–Trinajstić information content (AvgIpc) is 2.88. The third-order valence-corrected chi connectivity index (χ3v) is 6.26. The fourth-order valence-electron chi connectivity index (χ4n) is 3.16. The molecule has 0 amide bonds. The standard InChI is InChI=1S/C14H17FN2O3S2/c1-20-7-6-16-12-8-22(18,19)9-13(12)17(14(16)21)11-5-3-2-4-10(11)15/h2-5,12-13H,6-9H2,1H3/t12-,13+/m0/s1. The number of thiocarbonyl (C=S) groups is 1. The molecule has 120 valence electrons. The summed E-state index contributed by atoms with van der Waals surface area (Å²) >= 11 is 5.48. The molecule has 0 bridgehead atoms. The number of fused-ring (bicyclic) bond motifs is 1. The first-order valence-electron chi connectivity index (χ1n) is 6.98. The van der Waals surface area contributed by atoms with Gasteiger partial charge in [0.25, 0.3) is 0 Å². The molecule has 0 aromatic heterocycles. The van der Waals surface area contributed by atoms with E-state index in [2.05, 4.69) is 0 Å². The number of benzene rings is 1. The second kappa shape index (κ2) is 5.75. The Morgan fingerprint density at radius 1 is 1.32 bits per heavy atom. The minimum atomic E-state index is -3.15. The number of hydrogen-bond acceptors (Lipinski definition) is 4. The zero-order valence-corrected chi connectivity index (χ0v) is 13.7. The molecule has 2 fully saturated rings. The summed E-state index contributed by atoms with van der Waals surface area (Å²) in [6, 6.07) is 5.72. The fourth-order valence-corrected chi connectivity index (χ4v) is 5.57. The normalized spacial score (nSPS) is 26.5. The maximum Gasteiger partial charge on any atom is 0.176 e. The molecule has 2 aliphatic rings. The average molecular weight is 344 g/mol. The molecule has 2 saturated heterocycles. The van der Waals surface area contributed by atoms with Crippen molar-refractivity contribution in [2.75, 3.05) is 36.7 Å². The number of sulfone groups is 1. The second-order valence-corrected chi connectivity index (χ2v) is 8.02. The number of methoxy groups -OCH3 is 1. The van der Waals surface area contributed by atoms with Crippen LogP contribution in [-0.4, -0.2) is 62.3 Å². The molecule has 8 heteroatoms. The van der Waals surface area contributed by atoms with Crippen LogP contribution in [0.3, 0.4) is 0 Å². The topological polar surface area (TPSA) is 49.9 Å². The van der Waals surface area contributed by atoms with Crippen molar-refractivity contribution in [1.29, 1.82) is 0 Å². The molecule has 22 heavy (non-hydrogen) atoms. The van der Waals surface area contributed by atoms with Crippen LogP contribution in [0.15, 0.2) is 24.3 Å². The van der Waals surface area contributed by atoms with Gasteiger partial charge in [-0.15, -0.1) is 0 Å². The number of halogens is 1. The highest BCUT2D eigenvalue weighted by molar-refractivity contribution is 7.91. The van der Waals surface area contributed by atoms with E-state index in [0.717, 1.165) is 0 Å². The van der Waals surface area contributed by atoms with Crippen molar-refractivity contribution in [2.45, 2.75) is 12.1 Å². The molecule has 5 nitrogen and oxygen atoms in total. The summed E-state index contributed by atoms with van der Waals surface area (Å²) in [7, 11) is -1.57. The second-order valence-electron chi connectivity index (χ2n) is 5.50. The van der Waals surface area contributed by atoms with Crippen molar-refractivity contribution in [3.8, 4) is 0 Å². The molecule has 3 rings (SSSR count). The van der Waals surface area contributed by atoms with Crippen LogP contribution >= 0.6 is 12.2 Å². The lowest BCUT2D eigenvalue weighted by Crippen LogP contribution is -2.39. The minimum absolute atomic E-state index is 0.00434. The van der Waals surface area contributed by atoms with Gasteiger partial charge < -0.3 is 14.5 Å². The summed E-state index contributed by atoms with van der Waals surface area (Å²) in [5.41, 5.74) is 0.333. The maximum atomic E-state index is 14.1. The lowest BCUT2D eigenvalue weighted by molar-refractivity contribution is 0.169. The summed E-state index contributed by atoms with van der Waals surface area (Å²) in [5, 5.41) is 0.465. The molecule has 2 heterocycles. The van der Waals surface area contributed by atoms with E-state index < -0.39 is 15.7 Å². The van der Waals surface area contributed by atoms with Crippen LogP contribution in [0.5, 0.6) is 0 Å². The minimum Gasteiger partial charge on any atom is -0.383 e. The lowest BCUT2D eigenvalue weighted by Gasteiger charge is -2.25. The van der Waals surface area contributed by atoms with Gasteiger partial charge in [0.1, 0.15) is 5.82 Å². The van der Waals surface area contributed by atoms with E-state index in [1.54, 1.807) is 30.2 Å². The number of hydrogen-bond donors (Lipinski definition) is 0. The molecular weight excluding hydrogens is 327 g/mol. The van der Waals surface area contributed by atoms with Gasteiger partial charge in [-0.2, -0.15) is 0 Å². The first-order chi connectivity index (χ1) is 10.4. The van der Waals surface area contributed by atoms with Crippen molar-refractivity contribution < 1.29 is 17.5 Å². The first-order valence-corrected chi connectivity index (χ1v) is 9.21. The van der Waals surface area contributed by atoms with Crippen molar-refractivity contribution in [2.24, 2.45) is 0 Å². The third kappa shape index (κ3) is 2.59. The molecule has 0 N–H and O–H groups in total. The van der Waals surface area contributed by atoms with Gasteiger partial charge in [-0.25, -0.2) is 12.8 Å². The van der Waals surface area contributed by atoms with Gasteiger partial charge in [-0.1, -0.05) is 12.1 Å². The summed E-state index contributed by atoms with van der Waals surface area (Å²) in [5.74, 6) is -0.358. The van der Waals surface area contributed by atoms with Gasteiger partial charge in [-0.05, 0) is 24.4 Å². The van der Waals surface area contributed by atoms with Crippen LogP contribution in [0.4, 0.5) is 10.1 Å². The highest BCUT2D eigenvalue weighted by atomic mass is 32.2. The van der Waals surface area contributed by atoms with E-state index in [4.69, 9.17) is 17.0 Å². The Kier molecular flexibility index (Phi) is 4.09. The molecular formula is C14H17FN2O3S2. The van der Waals surface area contributed by atoms with Crippen LogP contribution < -0.4 is 4.90 Å². The van der Waals surface area contributed by atoms with Crippen LogP contribution in [0.25, 0.3) is 0 Å². The van der Waals surface area contributed by atoms with Gasteiger partial charge in [-0.3, -0.25) is 0 Å². The van der Waals surface area contributed by atoms with E-state index >= 15 is 0 Å². The maximum absolute atomic E-state index is 14.1. The molecule has 2 aliphatic heterocycles. The van der Waals surface area contributed by atoms with Gasteiger partial charge in [0, 0.05) is 13.7 Å². The van der Waals surface area contributed by atoms with E-state index in [0.29, 0.717) is 24.0 Å².